The van der Waals surface area contributed by atoms with Gasteiger partial charge in [0, 0.05) is 10.4 Å². The Balaban J connectivity index is 1.61. The van der Waals surface area contributed by atoms with Crippen LogP contribution in [0.3, 0.4) is 0 Å². The molecule has 5 heteroatoms. The van der Waals surface area contributed by atoms with E-state index in [1.807, 2.05) is 48.5 Å². The van der Waals surface area contributed by atoms with E-state index in [1.165, 1.54) is 4.90 Å². The number of halogens is 2. The fourth-order valence-electron chi connectivity index (χ4n) is 5.52. The molecule has 1 aliphatic heterocycles. The van der Waals surface area contributed by atoms with Gasteiger partial charge in [0.15, 0.2) is 0 Å². The zero-order valence-electron chi connectivity index (χ0n) is 15.2. The van der Waals surface area contributed by atoms with Crippen LogP contribution in [-0.2, 0) is 13.9 Å². The number of hydrogen-bond acceptors (Lipinski definition) is 2. The van der Waals surface area contributed by atoms with E-state index in [0.717, 1.165) is 26.7 Å². The summed E-state index contributed by atoms with van der Waals surface area (Å²) < 4.78 is 0.214. The number of rotatable bonds is 1. The molecule has 1 heterocycles. The number of benzene rings is 3. The molecule has 3 nitrogen and oxygen atoms in total. The molecule has 7 rings (SSSR count). The molecule has 29 heavy (non-hydrogen) atoms. The van der Waals surface area contributed by atoms with E-state index in [0.29, 0.717) is 5.69 Å². The van der Waals surface area contributed by atoms with Crippen LogP contribution in [0, 0.1) is 11.8 Å². The molecule has 1 saturated heterocycles. The number of hydrogen-bond donors (Lipinski definition) is 0. The van der Waals surface area contributed by atoms with Crippen LogP contribution in [0.2, 0.25) is 0 Å². The SMILES string of the molecule is O=C1[C@@H]2C3c4ccccc4C(Br)(c4ccccc43)[C@@H]2C(=O)N1c1ccc(Br)cc1. The average Bonchev–Trinajstić information content (AvgIpc) is 3.01. The number of carbonyl (C=O) groups is 2. The van der Waals surface area contributed by atoms with Gasteiger partial charge in [0.05, 0.1) is 21.8 Å². The van der Waals surface area contributed by atoms with Crippen molar-refractivity contribution in [2.45, 2.75) is 10.2 Å². The van der Waals surface area contributed by atoms with Gasteiger partial charge in [-0.25, -0.2) is 4.90 Å². The molecule has 2 amide bonds. The van der Waals surface area contributed by atoms with E-state index in [9.17, 15) is 9.59 Å². The fraction of sp³-hybridized carbons (Fsp3) is 0.167. The summed E-state index contributed by atoms with van der Waals surface area (Å²) in [4.78, 5) is 28.8. The minimum absolute atomic E-state index is 0.108. The first-order chi connectivity index (χ1) is 14.0. The first-order valence-electron chi connectivity index (χ1n) is 9.54. The Labute approximate surface area is 185 Å². The normalized spacial score (nSPS) is 28.9. The predicted molar refractivity (Wildman–Crippen MR) is 118 cm³/mol. The van der Waals surface area contributed by atoms with Gasteiger partial charge in [0.25, 0.3) is 0 Å². The monoisotopic (exact) mass is 507 g/mol. The number of imide groups is 1. The number of anilines is 1. The third-order valence-electron chi connectivity index (χ3n) is 6.60. The largest absolute Gasteiger partial charge is 0.274 e. The smallest absolute Gasteiger partial charge is 0.239 e. The van der Waals surface area contributed by atoms with Crippen LogP contribution < -0.4 is 4.90 Å². The molecular formula is C24H15Br2NO2. The highest BCUT2D eigenvalue weighted by Crippen LogP contribution is 2.66. The molecular weight excluding hydrogens is 494 g/mol. The van der Waals surface area contributed by atoms with Gasteiger partial charge in [0.1, 0.15) is 0 Å². The van der Waals surface area contributed by atoms with Crippen molar-refractivity contribution in [2.75, 3.05) is 4.90 Å². The molecule has 3 aromatic rings. The Kier molecular flexibility index (Phi) is 3.58. The fourth-order valence-corrected chi connectivity index (χ4v) is 6.99. The molecule has 0 unspecified atom stereocenters. The number of amides is 2. The summed E-state index contributed by atoms with van der Waals surface area (Å²) in [5, 5.41) is 0. The van der Waals surface area contributed by atoms with Gasteiger partial charge in [0.2, 0.25) is 11.8 Å². The lowest BCUT2D eigenvalue weighted by Gasteiger charge is -2.51. The van der Waals surface area contributed by atoms with Crippen molar-refractivity contribution in [3.63, 3.8) is 0 Å². The third-order valence-corrected chi connectivity index (χ3v) is 8.48. The number of nitrogens with zero attached hydrogens (tertiary/aromatic N) is 1. The standard InChI is InChI=1S/C24H15Br2NO2/c25-13-9-11-14(12-10-13)27-22(28)20-19-15-5-1-3-7-17(15)24(26,21(20)23(27)29)18-8-4-2-6-16(18)19/h1-12,19-21H/t19?,20-,21+,24?/m1/s1. The quantitative estimate of drug-likeness (QED) is 0.328. The van der Waals surface area contributed by atoms with Gasteiger partial charge in [-0.05, 0) is 46.5 Å². The van der Waals surface area contributed by atoms with E-state index >= 15 is 0 Å². The Bertz CT molecular complexity index is 1160. The van der Waals surface area contributed by atoms with Crippen molar-refractivity contribution in [3.05, 3.63) is 99.5 Å². The van der Waals surface area contributed by atoms with E-state index in [-0.39, 0.29) is 17.7 Å². The second kappa shape index (κ2) is 5.89. The maximum atomic E-state index is 13.7. The molecule has 1 fully saturated rings. The zero-order chi connectivity index (χ0) is 19.9. The lowest BCUT2D eigenvalue weighted by molar-refractivity contribution is -0.122. The van der Waals surface area contributed by atoms with Gasteiger partial charge in [-0.15, -0.1) is 0 Å². The zero-order valence-corrected chi connectivity index (χ0v) is 18.4. The Morgan fingerprint density at radius 2 is 1.31 bits per heavy atom. The van der Waals surface area contributed by atoms with Crippen molar-refractivity contribution in [3.8, 4) is 0 Å². The molecule has 0 saturated carbocycles. The highest BCUT2D eigenvalue weighted by Gasteiger charge is 2.67. The van der Waals surface area contributed by atoms with Crippen molar-refractivity contribution in [1.82, 2.24) is 0 Å². The topological polar surface area (TPSA) is 37.4 Å². The van der Waals surface area contributed by atoms with Gasteiger partial charge in [-0.2, -0.15) is 0 Å². The van der Waals surface area contributed by atoms with E-state index < -0.39 is 16.2 Å². The van der Waals surface area contributed by atoms with Gasteiger partial charge in [-0.1, -0.05) is 80.4 Å². The van der Waals surface area contributed by atoms with Gasteiger partial charge < -0.3 is 0 Å². The Hall–Kier alpha value is -2.24. The van der Waals surface area contributed by atoms with Crippen molar-refractivity contribution < 1.29 is 9.59 Å². The summed E-state index contributed by atoms with van der Waals surface area (Å²) in [6.45, 7) is 0. The number of alkyl halides is 1. The van der Waals surface area contributed by atoms with E-state index in [2.05, 4.69) is 56.1 Å². The average molecular weight is 509 g/mol. The van der Waals surface area contributed by atoms with Crippen LogP contribution in [0.25, 0.3) is 0 Å². The first-order valence-corrected chi connectivity index (χ1v) is 11.1. The molecule has 0 N–H and O–H groups in total. The predicted octanol–water partition coefficient (Wildman–Crippen LogP) is 5.35. The van der Waals surface area contributed by atoms with Crippen molar-refractivity contribution >= 4 is 49.4 Å². The van der Waals surface area contributed by atoms with Crippen LogP contribution in [0.4, 0.5) is 5.69 Å². The highest BCUT2D eigenvalue weighted by atomic mass is 79.9. The lowest BCUT2D eigenvalue weighted by atomic mass is 9.55. The maximum Gasteiger partial charge on any atom is 0.239 e. The van der Waals surface area contributed by atoms with Gasteiger partial charge >= 0.3 is 0 Å². The molecule has 3 aliphatic carbocycles. The van der Waals surface area contributed by atoms with E-state index in [1.54, 1.807) is 0 Å². The Morgan fingerprint density at radius 3 is 1.90 bits per heavy atom. The van der Waals surface area contributed by atoms with Crippen LogP contribution >= 0.6 is 31.9 Å². The van der Waals surface area contributed by atoms with E-state index in [4.69, 9.17) is 0 Å². The molecule has 4 aliphatic rings. The molecule has 2 atom stereocenters. The van der Waals surface area contributed by atoms with Gasteiger partial charge in [-0.3, -0.25) is 9.59 Å². The first kappa shape index (κ1) is 17.6. The molecule has 3 aromatic carbocycles. The second-order valence-electron chi connectivity index (χ2n) is 7.86. The van der Waals surface area contributed by atoms with Crippen molar-refractivity contribution in [1.29, 1.82) is 0 Å². The minimum Gasteiger partial charge on any atom is -0.274 e. The second-order valence-corrected chi connectivity index (χ2v) is 10.0. The molecule has 142 valence electrons. The van der Waals surface area contributed by atoms with Crippen LogP contribution in [0.1, 0.15) is 28.2 Å². The van der Waals surface area contributed by atoms with Crippen LogP contribution in [0.5, 0.6) is 0 Å². The molecule has 2 bridgehead atoms. The lowest BCUT2D eigenvalue weighted by Crippen LogP contribution is -2.50. The minimum atomic E-state index is -0.698. The van der Waals surface area contributed by atoms with Crippen molar-refractivity contribution in [2.24, 2.45) is 11.8 Å². The summed E-state index contributed by atoms with van der Waals surface area (Å²) in [5.41, 5.74) is 5.11. The summed E-state index contributed by atoms with van der Waals surface area (Å²) in [6.07, 6.45) is 0. The summed E-state index contributed by atoms with van der Waals surface area (Å²) in [5.74, 6) is -1.22. The third kappa shape index (κ3) is 2.07. The highest BCUT2D eigenvalue weighted by molar-refractivity contribution is 9.10. The molecule has 0 radical (unpaired) electrons. The summed E-state index contributed by atoms with van der Waals surface area (Å²) in [7, 11) is 0. The van der Waals surface area contributed by atoms with Crippen LogP contribution in [0.15, 0.2) is 77.3 Å². The molecule has 0 aromatic heterocycles. The summed E-state index contributed by atoms with van der Waals surface area (Å²) >= 11 is 7.44. The molecule has 0 spiro atoms. The Morgan fingerprint density at radius 1 is 0.759 bits per heavy atom. The maximum absolute atomic E-state index is 13.7. The van der Waals surface area contributed by atoms with Crippen LogP contribution in [-0.4, -0.2) is 11.8 Å². The number of carbonyl (C=O) groups excluding carboxylic acids is 2. The summed E-state index contributed by atoms with van der Waals surface area (Å²) in [6, 6.07) is 23.8.